The Hall–Kier alpha value is -3.32. The highest BCUT2D eigenvalue weighted by atomic mass is 35.5. The Balaban J connectivity index is 1.91. The Morgan fingerprint density at radius 3 is 2.54 bits per heavy atom. The molecule has 0 aliphatic heterocycles. The zero-order valence-corrected chi connectivity index (χ0v) is 16.3. The topological polar surface area (TPSA) is 85.7 Å². The number of aliphatic imine (C=N–C) groups is 1. The second-order valence-electron chi connectivity index (χ2n) is 5.91. The van der Waals surface area contributed by atoms with Gasteiger partial charge in [-0.15, -0.1) is 0 Å². The number of aryl methyl sites for hydroxylation is 1. The predicted octanol–water partition coefficient (Wildman–Crippen LogP) is 3.67. The van der Waals surface area contributed by atoms with Crippen LogP contribution in [0, 0.1) is 6.92 Å². The molecule has 0 aliphatic rings. The molecule has 3 rings (SSSR count). The van der Waals surface area contributed by atoms with Gasteiger partial charge in [-0.25, -0.2) is 9.48 Å². The molecule has 0 saturated heterocycles. The summed E-state index contributed by atoms with van der Waals surface area (Å²) in [5.41, 5.74) is 2.46. The number of rotatable bonds is 5. The summed E-state index contributed by atoms with van der Waals surface area (Å²) in [5.74, 6) is 0.0533. The third kappa shape index (κ3) is 3.84. The fraction of sp³-hybridized carbons (Fsp3) is 0.150. The van der Waals surface area contributed by atoms with Gasteiger partial charge in [-0.3, -0.25) is 14.9 Å². The van der Waals surface area contributed by atoms with Crippen LogP contribution in [0.5, 0.6) is 5.75 Å². The first-order chi connectivity index (χ1) is 13.4. The van der Waals surface area contributed by atoms with Crippen molar-refractivity contribution in [2.24, 2.45) is 4.99 Å². The van der Waals surface area contributed by atoms with Gasteiger partial charge in [-0.05, 0) is 43.3 Å². The Morgan fingerprint density at radius 1 is 1.18 bits per heavy atom. The molecule has 1 aromatic heterocycles. The molecule has 0 amide bonds. The van der Waals surface area contributed by atoms with Gasteiger partial charge in [0, 0.05) is 18.0 Å². The lowest BCUT2D eigenvalue weighted by molar-refractivity contribution is 0.0601. The van der Waals surface area contributed by atoms with Gasteiger partial charge in [0.15, 0.2) is 0 Å². The minimum atomic E-state index is -0.418. The predicted molar refractivity (Wildman–Crippen MR) is 108 cm³/mol. The first-order valence-corrected chi connectivity index (χ1v) is 8.70. The third-order valence-electron chi connectivity index (χ3n) is 4.14. The lowest BCUT2D eigenvalue weighted by Crippen LogP contribution is -2.17. The van der Waals surface area contributed by atoms with E-state index in [-0.39, 0.29) is 5.56 Å². The van der Waals surface area contributed by atoms with E-state index in [1.807, 2.05) is 0 Å². The highest BCUT2D eigenvalue weighted by molar-refractivity contribution is 6.32. The van der Waals surface area contributed by atoms with Gasteiger partial charge < -0.3 is 9.47 Å². The minimum absolute atomic E-state index is 0.253. The van der Waals surface area contributed by atoms with Crippen molar-refractivity contribution >= 4 is 29.5 Å². The number of aromatic amines is 1. The van der Waals surface area contributed by atoms with Crippen LogP contribution in [-0.4, -0.2) is 36.2 Å². The van der Waals surface area contributed by atoms with Crippen LogP contribution in [0.1, 0.15) is 21.6 Å². The Labute approximate surface area is 166 Å². The van der Waals surface area contributed by atoms with Crippen molar-refractivity contribution in [3.05, 3.63) is 74.7 Å². The zero-order chi connectivity index (χ0) is 20.3. The van der Waals surface area contributed by atoms with Gasteiger partial charge in [0.05, 0.1) is 41.7 Å². The monoisotopic (exact) mass is 399 g/mol. The van der Waals surface area contributed by atoms with E-state index in [1.165, 1.54) is 25.1 Å². The smallest absolute Gasteiger partial charge is 0.337 e. The van der Waals surface area contributed by atoms with Crippen LogP contribution in [0.4, 0.5) is 5.69 Å². The van der Waals surface area contributed by atoms with E-state index in [4.69, 9.17) is 16.3 Å². The number of nitrogens with one attached hydrogen (secondary N) is 1. The molecular formula is C20H18ClN3O4. The fourth-order valence-electron chi connectivity index (χ4n) is 2.62. The summed E-state index contributed by atoms with van der Waals surface area (Å²) in [4.78, 5) is 28.6. The lowest BCUT2D eigenvalue weighted by Gasteiger charge is -2.06. The van der Waals surface area contributed by atoms with Crippen molar-refractivity contribution in [1.29, 1.82) is 0 Å². The first-order valence-electron chi connectivity index (χ1n) is 8.32. The third-order valence-corrected chi connectivity index (χ3v) is 4.45. The number of halogens is 1. The average molecular weight is 400 g/mol. The van der Waals surface area contributed by atoms with Crippen molar-refractivity contribution in [3.63, 3.8) is 0 Å². The molecule has 0 unspecified atom stereocenters. The Bertz CT molecular complexity index is 1100. The van der Waals surface area contributed by atoms with Crippen LogP contribution in [0.15, 0.2) is 52.3 Å². The molecule has 0 spiro atoms. The largest absolute Gasteiger partial charge is 0.495 e. The molecule has 0 bridgehead atoms. The van der Waals surface area contributed by atoms with Crippen LogP contribution in [0.2, 0.25) is 5.02 Å². The molecule has 1 N–H and O–H groups in total. The molecule has 2 aromatic carbocycles. The summed E-state index contributed by atoms with van der Waals surface area (Å²) in [5, 5.41) is 3.48. The summed E-state index contributed by atoms with van der Waals surface area (Å²) in [6.45, 7) is 1.78. The number of benzene rings is 2. The highest BCUT2D eigenvalue weighted by Gasteiger charge is 2.12. The number of carbonyl (C=O) groups is 1. The van der Waals surface area contributed by atoms with E-state index in [2.05, 4.69) is 14.8 Å². The Morgan fingerprint density at radius 2 is 1.89 bits per heavy atom. The number of hydrogen-bond donors (Lipinski definition) is 1. The van der Waals surface area contributed by atoms with Gasteiger partial charge in [0.25, 0.3) is 5.56 Å². The van der Waals surface area contributed by atoms with Crippen molar-refractivity contribution < 1.29 is 14.3 Å². The normalized spacial score (nSPS) is 11.0. The van der Waals surface area contributed by atoms with E-state index >= 15 is 0 Å². The van der Waals surface area contributed by atoms with Crippen LogP contribution in [0.25, 0.3) is 5.69 Å². The summed E-state index contributed by atoms with van der Waals surface area (Å²) >= 11 is 6.04. The molecule has 0 atom stereocenters. The number of aromatic nitrogens is 2. The van der Waals surface area contributed by atoms with E-state index < -0.39 is 5.97 Å². The summed E-state index contributed by atoms with van der Waals surface area (Å²) in [6, 6.07) is 11.6. The molecule has 144 valence electrons. The summed E-state index contributed by atoms with van der Waals surface area (Å²) in [6.07, 6.45) is 1.49. The number of methoxy groups -OCH3 is 2. The fourth-order valence-corrected chi connectivity index (χ4v) is 2.82. The molecule has 0 aliphatic carbocycles. The standard InChI is InChI=1S/C20H18ClN3O4/c1-12-16(11-22-14-6-4-13(5-7-14)20(26)28-3)19(25)24(23-12)15-8-9-17(21)18(10-15)27-2/h4-11,23H,1-3H3. The highest BCUT2D eigenvalue weighted by Crippen LogP contribution is 2.26. The summed E-state index contributed by atoms with van der Waals surface area (Å²) in [7, 11) is 2.83. The molecule has 1 heterocycles. The number of H-pyrrole nitrogens is 1. The SMILES string of the molecule is COC(=O)c1ccc(N=Cc2c(C)[nH]n(-c3ccc(Cl)c(OC)c3)c2=O)cc1. The maximum atomic E-state index is 12.8. The molecule has 28 heavy (non-hydrogen) atoms. The van der Waals surface area contributed by atoms with Crippen LogP contribution in [0.3, 0.4) is 0 Å². The van der Waals surface area contributed by atoms with Gasteiger partial charge in [0.1, 0.15) is 5.75 Å². The molecule has 0 fully saturated rings. The number of ether oxygens (including phenoxy) is 2. The van der Waals surface area contributed by atoms with Crippen LogP contribution < -0.4 is 10.3 Å². The van der Waals surface area contributed by atoms with Gasteiger partial charge in [-0.2, -0.15) is 0 Å². The maximum Gasteiger partial charge on any atom is 0.337 e. The van der Waals surface area contributed by atoms with Crippen molar-refractivity contribution in [2.75, 3.05) is 14.2 Å². The van der Waals surface area contributed by atoms with Crippen molar-refractivity contribution in [1.82, 2.24) is 9.78 Å². The molecule has 3 aromatic rings. The number of carbonyl (C=O) groups excluding carboxylic acids is 1. The van der Waals surface area contributed by atoms with Crippen LogP contribution >= 0.6 is 11.6 Å². The number of hydrogen-bond acceptors (Lipinski definition) is 5. The summed E-state index contributed by atoms with van der Waals surface area (Å²) < 4.78 is 11.3. The molecular weight excluding hydrogens is 382 g/mol. The zero-order valence-electron chi connectivity index (χ0n) is 15.5. The van der Waals surface area contributed by atoms with Gasteiger partial charge >= 0.3 is 5.97 Å². The second-order valence-corrected chi connectivity index (χ2v) is 6.31. The van der Waals surface area contributed by atoms with Gasteiger partial charge in [-0.1, -0.05) is 11.6 Å². The lowest BCUT2D eigenvalue weighted by atomic mass is 10.2. The molecule has 0 radical (unpaired) electrons. The number of esters is 1. The number of nitrogens with zero attached hydrogens (tertiary/aromatic N) is 2. The van der Waals surface area contributed by atoms with Gasteiger partial charge in [0.2, 0.25) is 0 Å². The van der Waals surface area contributed by atoms with Crippen LogP contribution in [-0.2, 0) is 4.74 Å². The van der Waals surface area contributed by atoms with E-state index in [1.54, 1.807) is 49.4 Å². The second kappa shape index (κ2) is 8.14. The Kier molecular flexibility index (Phi) is 5.65. The van der Waals surface area contributed by atoms with Crippen molar-refractivity contribution in [3.8, 4) is 11.4 Å². The van der Waals surface area contributed by atoms with Crippen molar-refractivity contribution in [2.45, 2.75) is 6.92 Å². The minimum Gasteiger partial charge on any atom is -0.495 e. The van der Waals surface area contributed by atoms with E-state index in [0.717, 1.165) is 0 Å². The quantitative estimate of drug-likeness (QED) is 0.524. The molecule has 8 heteroatoms. The van der Waals surface area contributed by atoms with E-state index in [0.29, 0.717) is 39.0 Å². The van der Waals surface area contributed by atoms with E-state index in [9.17, 15) is 9.59 Å². The first kappa shape index (κ1) is 19.4. The average Bonchev–Trinajstić information content (AvgIpc) is 3.00. The maximum absolute atomic E-state index is 12.8. The molecule has 7 nitrogen and oxygen atoms in total. The molecule has 0 saturated carbocycles.